The molecule has 5 N–H and O–H groups in total. The average Bonchev–Trinajstić information content (AvgIpc) is 2.49. The van der Waals surface area contributed by atoms with Gasteiger partial charge in [-0.25, -0.2) is 0 Å². The first-order chi connectivity index (χ1) is 10.9. The number of nitrogens with one attached hydrogen (secondary N) is 3. The summed E-state index contributed by atoms with van der Waals surface area (Å²) in [7, 11) is 1.92. The van der Waals surface area contributed by atoms with Gasteiger partial charge in [-0.05, 0) is 38.8 Å². The van der Waals surface area contributed by atoms with E-state index in [-0.39, 0.29) is 76.4 Å². The molecule has 0 bridgehead atoms. The van der Waals surface area contributed by atoms with Gasteiger partial charge in [0.15, 0.2) is 0 Å². The fourth-order valence-electron chi connectivity index (χ4n) is 2.05. The SMILES string of the molecule is CC(C)CCCNC(=O)[C@H](N)CCC(=O)NCCN(C)CC[NH-].[Rb+]. The van der Waals surface area contributed by atoms with Crippen LogP contribution in [0.15, 0.2) is 0 Å². The molecule has 0 spiro atoms. The number of amides is 2. The van der Waals surface area contributed by atoms with Gasteiger partial charge in [0.25, 0.3) is 0 Å². The molecule has 0 aromatic rings. The average molecular weight is 414 g/mol. The van der Waals surface area contributed by atoms with Crippen molar-refractivity contribution < 1.29 is 67.8 Å². The third-order valence-corrected chi connectivity index (χ3v) is 3.59. The van der Waals surface area contributed by atoms with Crippen molar-refractivity contribution in [2.45, 2.75) is 45.6 Å². The third kappa shape index (κ3) is 16.1. The minimum Gasteiger partial charge on any atom is -0.676 e. The van der Waals surface area contributed by atoms with Crippen LogP contribution in [0.25, 0.3) is 5.73 Å². The number of hydrogen-bond acceptors (Lipinski definition) is 4. The third-order valence-electron chi connectivity index (χ3n) is 3.59. The van der Waals surface area contributed by atoms with Crippen molar-refractivity contribution in [3.8, 4) is 0 Å². The van der Waals surface area contributed by atoms with Gasteiger partial charge in [0.05, 0.1) is 6.04 Å². The minimum absolute atomic E-state index is 0. The fourth-order valence-corrected chi connectivity index (χ4v) is 2.05. The van der Waals surface area contributed by atoms with Gasteiger partial charge in [0, 0.05) is 26.1 Å². The van der Waals surface area contributed by atoms with E-state index in [0.29, 0.717) is 45.1 Å². The Hall–Kier alpha value is 0.625. The maximum atomic E-state index is 11.8. The molecule has 0 saturated carbocycles. The quantitative estimate of drug-likeness (QED) is 0.296. The van der Waals surface area contributed by atoms with E-state index in [4.69, 9.17) is 11.5 Å². The van der Waals surface area contributed by atoms with E-state index >= 15 is 0 Å². The van der Waals surface area contributed by atoms with Crippen LogP contribution in [0.5, 0.6) is 0 Å². The summed E-state index contributed by atoms with van der Waals surface area (Å²) < 4.78 is 0. The molecule has 0 aliphatic carbocycles. The summed E-state index contributed by atoms with van der Waals surface area (Å²) >= 11 is 0. The van der Waals surface area contributed by atoms with Gasteiger partial charge in [-0.15, -0.1) is 6.54 Å². The Labute approximate surface area is 195 Å². The molecular weight excluding hydrogens is 380 g/mol. The summed E-state index contributed by atoms with van der Waals surface area (Å²) in [4.78, 5) is 25.5. The van der Waals surface area contributed by atoms with Crippen molar-refractivity contribution in [3.05, 3.63) is 5.73 Å². The van der Waals surface area contributed by atoms with E-state index in [1.165, 1.54) is 0 Å². The number of rotatable bonds is 13. The van der Waals surface area contributed by atoms with Crippen LogP contribution in [0, 0.1) is 5.92 Å². The van der Waals surface area contributed by atoms with E-state index in [9.17, 15) is 9.59 Å². The van der Waals surface area contributed by atoms with Gasteiger partial charge in [-0.1, -0.05) is 13.8 Å². The monoisotopic (exact) mass is 413 g/mol. The Morgan fingerprint density at radius 3 is 2.38 bits per heavy atom. The Kier molecular flexibility index (Phi) is 19.1. The van der Waals surface area contributed by atoms with E-state index in [0.717, 1.165) is 12.8 Å². The van der Waals surface area contributed by atoms with E-state index in [1.54, 1.807) is 0 Å². The second-order valence-corrected chi connectivity index (χ2v) is 6.38. The number of carbonyl (C=O) groups excluding carboxylic acids is 2. The molecule has 136 valence electrons. The molecule has 0 aromatic heterocycles. The van der Waals surface area contributed by atoms with Gasteiger partial charge in [0.2, 0.25) is 11.8 Å². The molecule has 0 unspecified atom stereocenters. The molecule has 0 aromatic carbocycles. The first-order valence-corrected chi connectivity index (χ1v) is 8.50. The van der Waals surface area contributed by atoms with Crippen molar-refractivity contribution in [1.82, 2.24) is 15.5 Å². The molecule has 0 rings (SSSR count). The Morgan fingerprint density at radius 2 is 1.79 bits per heavy atom. The minimum atomic E-state index is -0.634. The van der Waals surface area contributed by atoms with Gasteiger partial charge in [-0.3, -0.25) is 9.59 Å². The molecule has 0 aliphatic rings. The molecule has 7 nitrogen and oxygen atoms in total. The molecule has 8 heteroatoms. The van der Waals surface area contributed by atoms with E-state index in [2.05, 4.69) is 24.5 Å². The summed E-state index contributed by atoms with van der Waals surface area (Å²) in [5.74, 6) is 0.355. The van der Waals surface area contributed by atoms with Crippen LogP contribution in [0.4, 0.5) is 0 Å². The van der Waals surface area contributed by atoms with Crippen molar-refractivity contribution in [3.63, 3.8) is 0 Å². The predicted octanol–water partition coefficient (Wildman–Crippen LogP) is -2.25. The summed E-state index contributed by atoms with van der Waals surface area (Å²) in [5.41, 5.74) is 12.9. The first kappa shape index (κ1) is 26.9. The Balaban J connectivity index is 0. The Morgan fingerprint density at radius 1 is 1.12 bits per heavy atom. The van der Waals surface area contributed by atoms with Crippen molar-refractivity contribution in [2.75, 3.05) is 39.8 Å². The molecule has 0 heterocycles. The number of nitrogens with zero attached hydrogens (tertiary/aromatic N) is 1. The second-order valence-electron chi connectivity index (χ2n) is 6.38. The molecule has 0 saturated heterocycles. The van der Waals surface area contributed by atoms with Gasteiger partial charge in [0.1, 0.15) is 0 Å². The van der Waals surface area contributed by atoms with Gasteiger partial charge in [-0.2, -0.15) is 0 Å². The molecule has 2 amide bonds. The zero-order valence-electron chi connectivity index (χ0n) is 15.9. The molecule has 0 radical (unpaired) electrons. The largest absolute Gasteiger partial charge is 1.00 e. The van der Waals surface area contributed by atoms with Crippen molar-refractivity contribution in [2.24, 2.45) is 11.7 Å². The maximum Gasteiger partial charge on any atom is 1.00 e. The molecule has 24 heavy (non-hydrogen) atoms. The number of nitrogens with two attached hydrogens (primary N) is 1. The fraction of sp³-hybridized carbons (Fsp3) is 0.875. The van der Waals surface area contributed by atoms with E-state index < -0.39 is 6.04 Å². The Bertz CT molecular complexity index is 342. The van der Waals surface area contributed by atoms with Crippen molar-refractivity contribution in [1.29, 1.82) is 0 Å². The number of likely N-dealkylation sites (N-methyl/N-ethyl adjacent to an activating group) is 1. The topological polar surface area (TPSA) is 111 Å². The summed E-state index contributed by atoms with van der Waals surface area (Å²) in [6, 6.07) is -0.634. The zero-order valence-corrected chi connectivity index (χ0v) is 20.8. The first-order valence-electron chi connectivity index (χ1n) is 8.50. The van der Waals surface area contributed by atoms with Gasteiger partial charge < -0.3 is 27.0 Å². The van der Waals surface area contributed by atoms with Crippen LogP contribution in [0.1, 0.15) is 39.5 Å². The van der Waals surface area contributed by atoms with E-state index in [1.807, 2.05) is 11.9 Å². The standard InChI is InChI=1S/C16H34N5O2.Rb/c1-13(2)5-4-9-20-16(23)14(18)6-7-15(22)19-10-12-21(3)11-8-17;/h13-14,17H,4-12,18H2,1-3H3,(H,19,22)(H,20,23);/q-1;+1/t14-;/m1./s1. The molecule has 1 atom stereocenters. The van der Waals surface area contributed by atoms with Crippen molar-refractivity contribution >= 4 is 11.8 Å². The summed E-state index contributed by atoms with van der Waals surface area (Å²) in [6.07, 6.45) is 2.63. The number of carbonyl (C=O) groups is 2. The van der Waals surface area contributed by atoms with Crippen LogP contribution >= 0.6 is 0 Å². The normalized spacial score (nSPS) is 12.0. The molecular formula is C16H34N5O2Rb. The smallest absolute Gasteiger partial charge is 0.676 e. The molecule has 0 aliphatic heterocycles. The van der Waals surface area contributed by atoms with Crippen LogP contribution < -0.4 is 74.6 Å². The van der Waals surface area contributed by atoms with Gasteiger partial charge >= 0.3 is 58.2 Å². The molecule has 0 fully saturated rings. The van der Waals surface area contributed by atoms with Crippen LogP contribution in [0.3, 0.4) is 0 Å². The zero-order chi connectivity index (χ0) is 17.7. The second kappa shape index (κ2) is 17.1. The predicted molar refractivity (Wildman–Crippen MR) is 94.0 cm³/mol. The number of hydrogen-bond donors (Lipinski definition) is 3. The van der Waals surface area contributed by atoms with Crippen LogP contribution in [0.2, 0.25) is 0 Å². The van der Waals surface area contributed by atoms with Crippen LogP contribution in [-0.2, 0) is 9.59 Å². The van der Waals surface area contributed by atoms with Crippen LogP contribution in [-0.4, -0.2) is 62.5 Å². The maximum absolute atomic E-state index is 11.8. The summed E-state index contributed by atoms with van der Waals surface area (Å²) in [5, 5.41) is 5.62. The summed E-state index contributed by atoms with van der Waals surface area (Å²) in [6.45, 7) is 7.25.